The van der Waals surface area contributed by atoms with Crippen LogP contribution in [-0.4, -0.2) is 23.8 Å². The third-order valence-corrected chi connectivity index (χ3v) is 3.92. The number of rotatable bonds is 4. The van der Waals surface area contributed by atoms with E-state index in [1.165, 1.54) is 25.7 Å². The molecule has 1 saturated carbocycles. The Hall–Kier alpha value is -0.0800. The lowest BCUT2D eigenvalue weighted by atomic mass is 9.82. The average Bonchev–Trinajstić information content (AvgIpc) is 2.19. The minimum absolute atomic E-state index is 0.242. The van der Waals surface area contributed by atoms with Crippen LogP contribution in [0.1, 0.15) is 59.8 Å². The largest absolute Gasteiger partial charge is 0.396 e. The highest BCUT2D eigenvalue weighted by Gasteiger charge is 2.27. The molecule has 0 heterocycles. The van der Waals surface area contributed by atoms with Crippen molar-refractivity contribution in [2.45, 2.75) is 71.9 Å². The maximum absolute atomic E-state index is 9.13. The number of aliphatic hydroxyl groups excluding tert-OH is 1. The molecule has 96 valence electrons. The van der Waals surface area contributed by atoms with Crippen molar-refractivity contribution in [3.05, 3.63) is 0 Å². The van der Waals surface area contributed by atoms with Gasteiger partial charge in [0.15, 0.2) is 0 Å². The van der Waals surface area contributed by atoms with E-state index >= 15 is 0 Å². The van der Waals surface area contributed by atoms with Gasteiger partial charge in [0.05, 0.1) is 0 Å². The van der Waals surface area contributed by atoms with Crippen molar-refractivity contribution in [3.63, 3.8) is 0 Å². The van der Waals surface area contributed by atoms with E-state index < -0.39 is 0 Å². The molecule has 1 unspecified atom stereocenters. The Morgan fingerprint density at radius 3 is 2.19 bits per heavy atom. The zero-order valence-corrected chi connectivity index (χ0v) is 11.4. The molecule has 0 radical (unpaired) electrons. The summed E-state index contributed by atoms with van der Waals surface area (Å²) in [6.45, 7) is 9.41. The molecule has 1 atom stereocenters. The van der Waals surface area contributed by atoms with Crippen LogP contribution >= 0.6 is 0 Å². The minimum atomic E-state index is 0.242. The molecule has 16 heavy (non-hydrogen) atoms. The van der Waals surface area contributed by atoms with E-state index in [0.717, 1.165) is 12.3 Å². The highest BCUT2D eigenvalue weighted by molar-refractivity contribution is 4.85. The Morgan fingerprint density at radius 1 is 1.19 bits per heavy atom. The van der Waals surface area contributed by atoms with E-state index in [-0.39, 0.29) is 12.0 Å². The summed E-state index contributed by atoms with van der Waals surface area (Å²) >= 11 is 0. The zero-order chi connectivity index (χ0) is 12.2. The second kappa shape index (κ2) is 6.02. The van der Waals surface area contributed by atoms with Crippen LogP contribution in [0.2, 0.25) is 0 Å². The third kappa shape index (κ3) is 4.42. The number of nitrogens with one attached hydrogen (secondary N) is 1. The molecule has 0 aliphatic heterocycles. The van der Waals surface area contributed by atoms with E-state index in [1.807, 2.05) is 0 Å². The predicted octanol–water partition coefficient (Wildman–Crippen LogP) is 2.95. The topological polar surface area (TPSA) is 32.3 Å². The molecule has 2 heteroatoms. The standard InChI is InChI=1S/C14H29NO/c1-11-5-7-12(8-6-11)15-13(9-10-16)14(2,3)4/h11-13,15-16H,5-10H2,1-4H3. The van der Waals surface area contributed by atoms with Gasteiger partial charge >= 0.3 is 0 Å². The fourth-order valence-corrected chi connectivity index (χ4v) is 2.61. The van der Waals surface area contributed by atoms with E-state index in [1.54, 1.807) is 0 Å². The van der Waals surface area contributed by atoms with Crippen molar-refractivity contribution >= 4 is 0 Å². The molecule has 1 fully saturated rings. The third-order valence-electron chi connectivity index (χ3n) is 3.92. The molecule has 0 aromatic heterocycles. The summed E-state index contributed by atoms with van der Waals surface area (Å²) in [6, 6.07) is 1.11. The van der Waals surface area contributed by atoms with Crippen LogP contribution in [0, 0.1) is 11.3 Å². The normalized spacial score (nSPS) is 29.1. The summed E-state index contributed by atoms with van der Waals surface area (Å²) in [5, 5.41) is 12.9. The van der Waals surface area contributed by atoms with Gasteiger partial charge in [-0.05, 0) is 43.4 Å². The van der Waals surface area contributed by atoms with Gasteiger partial charge < -0.3 is 10.4 Å². The van der Waals surface area contributed by atoms with Crippen molar-refractivity contribution in [1.82, 2.24) is 5.32 Å². The van der Waals surface area contributed by atoms with Crippen LogP contribution in [0.25, 0.3) is 0 Å². The van der Waals surface area contributed by atoms with Crippen molar-refractivity contribution in [2.24, 2.45) is 11.3 Å². The Balaban J connectivity index is 2.42. The summed E-state index contributed by atoms with van der Waals surface area (Å²) in [4.78, 5) is 0. The first kappa shape index (κ1) is 14.0. The van der Waals surface area contributed by atoms with Crippen LogP contribution in [0.15, 0.2) is 0 Å². The maximum Gasteiger partial charge on any atom is 0.0446 e. The van der Waals surface area contributed by atoms with E-state index in [2.05, 4.69) is 33.0 Å². The van der Waals surface area contributed by atoms with Crippen LogP contribution < -0.4 is 5.32 Å². The van der Waals surface area contributed by atoms with Crippen molar-refractivity contribution < 1.29 is 5.11 Å². The summed E-state index contributed by atoms with van der Waals surface area (Å²) in [6.07, 6.45) is 6.19. The molecule has 0 aromatic carbocycles. The molecule has 0 bridgehead atoms. The highest BCUT2D eigenvalue weighted by atomic mass is 16.3. The van der Waals surface area contributed by atoms with Crippen LogP contribution in [0.5, 0.6) is 0 Å². The molecular weight excluding hydrogens is 198 g/mol. The Labute approximate surface area is 101 Å². The molecular formula is C14H29NO. The second-order valence-corrected chi connectivity index (χ2v) is 6.55. The summed E-state index contributed by atoms with van der Waals surface area (Å²) in [7, 11) is 0. The van der Waals surface area contributed by atoms with Gasteiger partial charge in [0, 0.05) is 18.7 Å². The molecule has 0 amide bonds. The number of aliphatic hydroxyl groups is 1. The first-order valence-corrected chi connectivity index (χ1v) is 6.80. The van der Waals surface area contributed by atoms with E-state index in [0.29, 0.717) is 12.1 Å². The van der Waals surface area contributed by atoms with Gasteiger partial charge in [0.2, 0.25) is 0 Å². The number of hydrogen-bond acceptors (Lipinski definition) is 2. The van der Waals surface area contributed by atoms with Crippen LogP contribution in [0.4, 0.5) is 0 Å². The van der Waals surface area contributed by atoms with Crippen molar-refractivity contribution in [1.29, 1.82) is 0 Å². The lowest BCUT2D eigenvalue weighted by Crippen LogP contribution is -2.47. The molecule has 2 nitrogen and oxygen atoms in total. The maximum atomic E-state index is 9.13. The van der Waals surface area contributed by atoms with Gasteiger partial charge in [-0.25, -0.2) is 0 Å². The average molecular weight is 227 g/mol. The minimum Gasteiger partial charge on any atom is -0.396 e. The van der Waals surface area contributed by atoms with Crippen molar-refractivity contribution in [2.75, 3.05) is 6.61 Å². The Bertz CT molecular complexity index is 189. The first-order chi connectivity index (χ1) is 7.43. The molecule has 0 aromatic rings. The fourth-order valence-electron chi connectivity index (χ4n) is 2.61. The summed E-state index contributed by atoms with van der Waals surface area (Å²) in [5.74, 6) is 0.906. The van der Waals surface area contributed by atoms with E-state index in [4.69, 9.17) is 5.11 Å². The zero-order valence-electron chi connectivity index (χ0n) is 11.4. The van der Waals surface area contributed by atoms with Gasteiger partial charge in [-0.3, -0.25) is 0 Å². The van der Waals surface area contributed by atoms with Gasteiger partial charge in [0.25, 0.3) is 0 Å². The predicted molar refractivity (Wildman–Crippen MR) is 69.5 cm³/mol. The SMILES string of the molecule is CC1CCC(NC(CCO)C(C)(C)C)CC1. The van der Waals surface area contributed by atoms with Crippen LogP contribution in [-0.2, 0) is 0 Å². The second-order valence-electron chi connectivity index (χ2n) is 6.55. The smallest absolute Gasteiger partial charge is 0.0446 e. The lowest BCUT2D eigenvalue weighted by Gasteiger charge is -2.37. The Morgan fingerprint density at radius 2 is 1.75 bits per heavy atom. The van der Waals surface area contributed by atoms with Gasteiger partial charge in [0.1, 0.15) is 0 Å². The van der Waals surface area contributed by atoms with Crippen molar-refractivity contribution in [3.8, 4) is 0 Å². The molecule has 1 aliphatic carbocycles. The molecule has 1 rings (SSSR count). The monoisotopic (exact) mass is 227 g/mol. The van der Waals surface area contributed by atoms with Gasteiger partial charge in [-0.2, -0.15) is 0 Å². The molecule has 0 saturated heterocycles. The summed E-state index contributed by atoms with van der Waals surface area (Å²) < 4.78 is 0. The Kier molecular flexibility index (Phi) is 5.26. The molecule has 2 N–H and O–H groups in total. The molecule has 0 spiro atoms. The number of hydrogen-bond donors (Lipinski definition) is 2. The lowest BCUT2D eigenvalue weighted by molar-refractivity contribution is 0.169. The quantitative estimate of drug-likeness (QED) is 0.774. The van der Waals surface area contributed by atoms with Gasteiger partial charge in [-0.1, -0.05) is 27.7 Å². The first-order valence-electron chi connectivity index (χ1n) is 6.80. The fraction of sp³-hybridized carbons (Fsp3) is 1.00. The molecule has 1 aliphatic rings. The van der Waals surface area contributed by atoms with Crippen LogP contribution in [0.3, 0.4) is 0 Å². The van der Waals surface area contributed by atoms with E-state index in [9.17, 15) is 0 Å². The summed E-state index contributed by atoms with van der Waals surface area (Å²) in [5.41, 5.74) is 0.242. The highest BCUT2D eigenvalue weighted by Crippen LogP contribution is 2.27. The van der Waals surface area contributed by atoms with Gasteiger partial charge in [-0.15, -0.1) is 0 Å².